The van der Waals surface area contributed by atoms with E-state index >= 15 is 0 Å². The van der Waals surface area contributed by atoms with E-state index in [-0.39, 0.29) is 12.3 Å². The van der Waals surface area contributed by atoms with Gasteiger partial charge in [0, 0.05) is 6.04 Å². The second kappa shape index (κ2) is 16.2. The van der Waals surface area contributed by atoms with Gasteiger partial charge >= 0.3 is 12.1 Å². The molecular weight excluding hydrogens is 522 g/mol. The van der Waals surface area contributed by atoms with Crippen molar-refractivity contribution in [1.82, 2.24) is 15.5 Å². The van der Waals surface area contributed by atoms with Crippen LogP contribution in [0.25, 0.3) is 0 Å². The average Bonchev–Trinajstić information content (AvgIpc) is 2.84. The molecule has 0 saturated heterocycles. The number of hydrogen-bond donors (Lipinski definition) is 3. The van der Waals surface area contributed by atoms with Gasteiger partial charge in [0.2, 0.25) is 11.8 Å². The first-order chi connectivity index (χ1) is 18.2. The number of phenolic OH excluding ortho intramolecular Hbond substituents is 1. The smallest absolute Gasteiger partial charge is 0.408 e. The zero-order valence-corrected chi connectivity index (χ0v) is 25.2. The van der Waals surface area contributed by atoms with Gasteiger partial charge in [-0.15, -0.1) is 0 Å². The second-order valence-electron chi connectivity index (χ2n) is 10.8. The summed E-state index contributed by atoms with van der Waals surface area (Å²) in [6.45, 7) is 10.8. The molecule has 0 spiro atoms. The molecule has 0 bridgehead atoms. The number of phenols is 1. The SMILES string of the molecule is COC(=O)CNC(=O)C(c1cccc(O)c1)N(C(=O)C(CCSC)NC(=O)OC(C)(C)C)C(C)CCC(C)C. The van der Waals surface area contributed by atoms with E-state index in [0.29, 0.717) is 30.1 Å². The van der Waals surface area contributed by atoms with Gasteiger partial charge in [-0.1, -0.05) is 26.0 Å². The topological polar surface area (TPSA) is 134 Å². The molecule has 220 valence electrons. The number of carbonyl (C=O) groups excluding carboxylic acids is 4. The van der Waals surface area contributed by atoms with Crippen molar-refractivity contribution in [3.8, 4) is 5.75 Å². The van der Waals surface area contributed by atoms with Crippen molar-refractivity contribution in [2.24, 2.45) is 5.92 Å². The quantitative estimate of drug-likeness (QED) is 0.287. The van der Waals surface area contributed by atoms with Crippen molar-refractivity contribution in [2.75, 3.05) is 25.7 Å². The third-order valence-corrected chi connectivity index (χ3v) is 6.48. The number of hydrogen-bond acceptors (Lipinski definition) is 8. The maximum atomic E-state index is 14.2. The molecule has 10 nitrogen and oxygen atoms in total. The Morgan fingerprint density at radius 1 is 1.08 bits per heavy atom. The Labute approximate surface area is 236 Å². The first-order valence-corrected chi connectivity index (χ1v) is 14.5. The molecule has 0 saturated carbocycles. The fourth-order valence-electron chi connectivity index (χ4n) is 3.90. The number of nitrogens with zero attached hydrogens (tertiary/aromatic N) is 1. The van der Waals surface area contributed by atoms with E-state index in [1.165, 1.54) is 35.9 Å². The number of amides is 3. The number of benzene rings is 1. The first-order valence-electron chi connectivity index (χ1n) is 13.1. The van der Waals surface area contributed by atoms with Crippen LogP contribution in [0.4, 0.5) is 4.79 Å². The van der Waals surface area contributed by atoms with Crippen LogP contribution in [0.15, 0.2) is 24.3 Å². The Hall–Kier alpha value is -2.95. The Morgan fingerprint density at radius 3 is 2.28 bits per heavy atom. The first kappa shape index (κ1) is 34.1. The van der Waals surface area contributed by atoms with E-state index in [9.17, 15) is 24.3 Å². The molecule has 0 fully saturated rings. The van der Waals surface area contributed by atoms with Gasteiger partial charge in [0.1, 0.15) is 30.0 Å². The molecule has 3 unspecified atom stereocenters. The fraction of sp³-hybridized carbons (Fsp3) is 0.643. The lowest BCUT2D eigenvalue weighted by Crippen LogP contribution is -2.56. The molecule has 0 aliphatic heterocycles. The predicted molar refractivity (Wildman–Crippen MR) is 152 cm³/mol. The lowest BCUT2D eigenvalue weighted by Gasteiger charge is -2.38. The lowest BCUT2D eigenvalue weighted by molar-refractivity contribution is -0.146. The fourth-order valence-corrected chi connectivity index (χ4v) is 4.37. The average molecular weight is 568 g/mol. The summed E-state index contributed by atoms with van der Waals surface area (Å²) in [6.07, 6.45) is 2.85. The summed E-state index contributed by atoms with van der Waals surface area (Å²) in [5.41, 5.74) is -0.401. The number of rotatable bonds is 14. The summed E-state index contributed by atoms with van der Waals surface area (Å²) in [4.78, 5) is 53.8. The lowest BCUT2D eigenvalue weighted by atomic mass is 9.96. The maximum Gasteiger partial charge on any atom is 0.408 e. The van der Waals surface area contributed by atoms with Crippen LogP contribution < -0.4 is 10.6 Å². The normalized spacial score (nSPS) is 13.7. The summed E-state index contributed by atoms with van der Waals surface area (Å²) in [5, 5.41) is 15.5. The minimum atomic E-state index is -1.19. The molecular formula is C28H45N3O7S. The molecule has 0 heterocycles. The number of esters is 1. The van der Waals surface area contributed by atoms with Crippen LogP contribution in [-0.2, 0) is 23.9 Å². The Bertz CT molecular complexity index is 965. The Kier molecular flexibility index (Phi) is 14.2. The number of thioether (sulfide) groups is 1. The van der Waals surface area contributed by atoms with Crippen LogP contribution >= 0.6 is 11.8 Å². The monoisotopic (exact) mass is 567 g/mol. The van der Waals surface area contributed by atoms with E-state index in [4.69, 9.17) is 4.74 Å². The van der Waals surface area contributed by atoms with Gasteiger partial charge in [-0.25, -0.2) is 4.79 Å². The highest BCUT2D eigenvalue weighted by atomic mass is 32.2. The number of carbonyl (C=O) groups is 4. The van der Waals surface area contributed by atoms with Crippen LogP contribution in [0, 0.1) is 5.92 Å². The summed E-state index contributed by atoms with van der Waals surface area (Å²) in [5.74, 6) is -0.876. The molecule has 39 heavy (non-hydrogen) atoms. The van der Waals surface area contributed by atoms with Crippen LogP contribution in [-0.4, -0.2) is 77.2 Å². The molecule has 3 atom stereocenters. The molecule has 0 aromatic heterocycles. The van der Waals surface area contributed by atoms with Gasteiger partial charge in [-0.2, -0.15) is 11.8 Å². The third kappa shape index (κ3) is 12.2. The van der Waals surface area contributed by atoms with E-state index in [1.807, 2.05) is 13.2 Å². The number of ether oxygens (including phenoxy) is 2. The molecule has 3 amide bonds. The standard InChI is InChI=1S/C28H45N3O7S/c1-18(2)12-13-19(3)31(26(35)22(14-15-39-8)30-27(36)38-28(4,5)6)24(20-10-9-11-21(32)16-20)25(34)29-17-23(33)37-7/h9-11,16,18-19,22,24,32H,12-15,17H2,1-8H3,(H,29,34)(H,30,36). The minimum Gasteiger partial charge on any atom is -0.508 e. The van der Waals surface area contributed by atoms with Crippen molar-refractivity contribution < 1.29 is 33.8 Å². The zero-order chi connectivity index (χ0) is 29.8. The minimum absolute atomic E-state index is 0.0775. The number of aromatic hydroxyl groups is 1. The number of nitrogens with one attached hydrogen (secondary N) is 2. The summed E-state index contributed by atoms with van der Waals surface area (Å²) in [6, 6.07) is 3.51. The number of methoxy groups -OCH3 is 1. The highest BCUT2D eigenvalue weighted by molar-refractivity contribution is 7.98. The largest absolute Gasteiger partial charge is 0.508 e. The molecule has 1 rings (SSSR count). The molecule has 0 aliphatic rings. The third-order valence-electron chi connectivity index (χ3n) is 5.84. The summed E-state index contributed by atoms with van der Waals surface area (Å²) < 4.78 is 10.1. The van der Waals surface area contributed by atoms with Crippen LogP contribution in [0.3, 0.4) is 0 Å². The predicted octanol–water partition coefficient (Wildman–Crippen LogP) is 4.02. The molecule has 11 heteroatoms. The van der Waals surface area contributed by atoms with E-state index in [2.05, 4.69) is 29.2 Å². The van der Waals surface area contributed by atoms with Crippen molar-refractivity contribution in [3.63, 3.8) is 0 Å². The van der Waals surface area contributed by atoms with Gasteiger partial charge in [0.25, 0.3) is 0 Å². The van der Waals surface area contributed by atoms with Gasteiger partial charge in [0.05, 0.1) is 7.11 Å². The molecule has 1 aromatic carbocycles. The zero-order valence-electron chi connectivity index (χ0n) is 24.4. The van der Waals surface area contributed by atoms with E-state index < -0.39 is 47.6 Å². The molecule has 0 aliphatic carbocycles. The van der Waals surface area contributed by atoms with Crippen molar-refractivity contribution in [3.05, 3.63) is 29.8 Å². The second-order valence-corrected chi connectivity index (χ2v) is 11.8. The van der Waals surface area contributed by atoms with Gasteiger partial charge in [-0.3, -0.25) is 14.4 Å². The van der Waals surface area contributed by atoms with Crippen molar-refractivity contribution >= 4 is 35.6 Å². The van der Waals surface area contributed by atoms with Gasteiger partial charge < -0.3 is 30.1 Å². The summed E-state index contributed by atoms with van der Waals surface area (Å²) >= 11 is 1.52. The van der Waals surface area contributed by atoms with E-state index in [0.717, 1.165) is 6.42 Å². The van der Waals surface area contributed by atoms with Gasteiger partial charge in [-0.05, 0) is 82.6 Å². The molecule has 0 radical (unpaired) electrons. The van der Waals surface area contributed by atoms with Gasteiger partial charge in [0.15, 0.2) is 0 Å². The van der Waals surface area contributed by atoms with Crippen LogP contribution in [0.5, 0.6) is 5.75 Å². The van der Waals surface area contributed by atoms with Crippen LogP contribution in [0.1, 0.15) is 72.4 Å². The highest BCUT2D eigenvalue weighted by Gasteiger charge is 2.39. The maximum absolute atomic E-state index is 14.2. The molecule has 1 aromatic rings. The van der Waals surface area contributed by atoms with Crippen molar-refractivity contribution in [1.29, 1.82) is 0 Å². The highest BCUT2D eigenvalue weighted by Crippen LogP contribution is 2.29. The molecule has 3 N–H and O–H groups in total. The van der Waals surface area contributed by atoms with Crippen LogP contribution in [0.2, 0.25) is 0 Å². The Morgan fingerprint density at radius 2 is 1.74 bits per heavy atom. The Balaban J connectivity index is 3.59. The van der Waals surface area contributed by atoms with E-state index in [1.54, 1.807) is 32.9 Å². The van der Waals surface area contributed by atoms with Crippen molar-refractivity contribution in [2.45, 2.75) is 84.5 Å². The number of alkyl carbamates (subject to hydrolysis) is 1. The summed E-state index contributed by atoms with van der Waals surface area (Å²) in [7, 11) is 1.21.